The summed E-state index contributed by atoms with van der Waals surface area (Å²) in [6.07, 6.45) is 0. The highest BCUT2D eigenvalue weighted by Crippen LogP contribution is 1.96. The van der Waals surface area contributed by atoms with Crippen molar-refractivity contribution >= 4 is 18.7 Å². The number of carbonyl (C=O) groups is 1. The third kappa shape index (κ3) is 2.18. The summed E-state index contributed by atoms with van der Waals surface area (Å²) in [5.41, 5.74) is 1.35. The van der Waals surface area contributed by atoms with Gasteiger partial charge in [0, 0.05) is 5.56 Å². The normalized spacial score (nSPS) is 9.50. The van der Waals surface area contributed by atoms with Gasteiger partial charge in [0.15, 0.2) is 5.78 Å². The molecule has 0 aromatic heterocycles. The molecular formula is C8H8BO3. The van der Waals surface area contributed by atoms with Crippen LogP contribution in [0.2, 0.25) is 0 Å². The Kier molecular flexibility index (Phi) is 3.02. The Bertz CT molecular complexity index is 268. The molecule has 0 aliphatic rings. The number of hydrogen-bond donors (Lipinski definition) is 1. The smallest absolute Gasteiger partial charge is 0.307 e. The third-order valence-electron chi connectivity index (χ3n) is 1.51. The minimum Gasteiger partial charge on any atom is -0.307 e. The summed E-state index contributed by atoms with van der Waals surface area (Å²) >= 11 is 0. The molecule has 0 amide bonds. The van der Waals surface area contributed by atoms with Crippen molar-refractivity contribution in [1.82, 2.24) is 0 Å². The molecule has 0 aliphatic carbocycles. The van der Waals surface area contributed by atoms with Crippen molar-refractivity contribution in [3.8, 4) is 0 Å². The van der Waals surface area contributed by atoms with Gasteiger partial charge < -0.3 is 4.81 Å². The molecule has 4 heteroatoms. The fraction of sp³-hybridized carbons (Fsp3) is 0.125. The molecule has 0 aliphatic heterocycles. The zero-order chi connectivity index (χ0) is 8.97. The molecule has 0 unspecified atom stereocenters. The first kappa shape index (κ1) is 8.97. The molecule has 61 valence electrons. The van der Waals surface area contributed by atoms with E-state index in [1.165, 1.54) is 14.4 Å². The van der Waals surface area contributed by atoms with Gasteiger partial charge >= 0.3 is 7.48 Å². The molecule has 0 saturated heterocycles. The van der Waals surface area contributed by atoms with Crippen molar-refractivity contribution in [2.45, 2.75) is 6.92 Å². The van der Waals surface area contributed by atoms with E-state index in [1.54, 1.807) is 24.3 Å². The molecule has 1 aromatic rings. The third-order valence-corrected chi connectivity index (χ3v) is 1.51. The Balaban J connectivity index is 2.78. The summed E-state index contributed by atoms with van der Waals surface area (Å²) in [6, 6.07) is 6.72. The van der Waals surface area contributed by atoms with Crippen LogP contribution in [0.5, 0.6) is 0 Å². The predicted octanol–water partition coefficient (Wildman–Crippen LogP) is 0.623. The van der Waals surface area contributed by atoms with Crippen molar-refractivity contribution < 1.29 is 14.9 Å². The largest absolute Gasteiger partial charge is 0.381 e. The molecule has 0 atom stereocenters. The van der Waals surface area contributed by atoms with E-state index < -0.39 is 0 Å². The van der Waals surface area contributed by atoms with Crippen LogP contribution in [0.1, 0.15) is 17.3 Å². The molecule has 1 N–H and O–H groups in total. The number of hydrogen-bond acceptors (Lipinski definition) is 3. The number of benzene rings is 1. The van der Waals surface area contributed by atoms with Crippen LogP contribution in [0, 0.1) is 0 Å². The van der Waals surface area contributed by atoms with Gasteiger partial charge in [-0.05, 0) is 6.92 Å². The van der Waals surface area contributed by atoms with Crippen molar-refractivity contribution in [1.29, 1.82) is 0 Å². The van der Waals surface area contributed by atoms with Gasteiger partial charge in [0.2, 0.25) is 0 Å². The predicted molar refractivity (Wildman–Crippen MR) is 45.5 cm³/mol. The summed E-state index contributed by atoms with van der Waals surface area (Å²) < 4.78 is 0. The van der Waals surface area contributed by atoms with Gasteiger partial charge in [-0.3, -0.25) is 10.1 Å². The molecule has 0 fully saturated rings. The molecule has 0 saturated carbocycles. The minimum atomic E-state index is 0.0199. The highest BCUT2D eigenvalue weighted by molar-refractivity contribution is 6.46. The van der Waals surface area contributed by atoms with E-state index in [0.29, 0.717) is 11.0 Å². The van der Waals surface area contributed by atoms with Gasteiger partial charge in [0.05, 0.1) is 0 Å². The van der Waals surface area contributed by atoms with Crippen molar-refractivity contribution in [3.05, 3.63) is 29.8 Å². The molecular weight excluding hydrogens is 155 g/mol. The van der Waals surface area contributed by atoms with E-state index in [1.807, 2.05) is 0 Å². The molecule has 1 aromatic carbocycles. The second-order valence-electron chi connectivity index (χ2n) is 2.40. The Morgan fingerprint density at radius 3 is 2.42 bits per heavy atom. The van der Waals surface area contributed by atoms with E-state index in [2.05, 4.69) is 4.81 Å². The molecule has 0 spiro atoms. The van der Waals surface area contributed by atoms with Gasteiger partial charge in [-0.2, -0.15) is 0 Å². The average molecular weight is 163 g/mol. The molecule has 0 heterocycles. The molecule has 1 rings (SSSR count). The van der Waals surface area contributed by atoms with Gasteiger partial charge in [0.25, 0.3) is 0 Å². The van der Waals surface area contributed by atoms with Gasteiger partial charge in [0.1, 0.15) is 0 Å². The fourth-order valence-electron chi connectivity index (χ4n) is 0.857. The van der Waals surface area contributed by atoms with E-state index in [-0.39, 0.29) is 5.78 Å². The number of ketones is 1. The first-order valence-electron chi connectivity index (χ1n) is 3.48. The maximum absolute atomic E-state index is 10.8. The standard InChI is InChI=1S/C8H8BO3/c1-6(10)7-2-4-8(5-3-7)9-12-11/h2-5,11H,1H3. The van der Waals surface area contributed by atoms with Crippen molar-refractivity contribution in [2.24, 2.45) is 0 Å². The van der Waals surface area contributed by atoms with Crippen LogP contribution in [0.4, 0.5) is 0 Å². The molecule has 3 nitrogen and oxygen atoms in total. The summed E-state index contributed by atoms with van der Waals surface area (Å²) in [7, 11) is 1.18. The second-order valence-corrected chi connectivity index (χ2v) is 2.40. The fourth-order valence-corrected chi connectivity index (χ4v) is 0.857. The van der Waals surface area contributed by atoms with E-state index in [9.17, 15) is 4.79 Å². The molecule has 1 radical (unpaired) electrons. The summed E-state index contributed by atoms with van der Waals surface area (Å²) in [5, 5.41) is 8.08. The Morgan fingerprint density at radius 1 is 1.42 bits per heavy atom. The Hall–Kier alpha value is -1.13. The average Bonchev–Trinajstić information content (AvgIpc) is 2.06. The maximum Gasteiger partial charge on any atom is 0.381 e. The quantitative estimate of drug-likeness (QED) is 0.307. The first-order valence-corrected chi connectivity index (χ1v) is 3.48. The zero-order valence-electron chi connectivity index (χ0n) is 6.65. The maximum atomic E-state index is 10.8. The lowest BCUT2D eigenvalue weighted by molar-refractivity contribution is -0.135. The van der Waals surface area contributed by atoms with Crippen LogP contribution in [0.25, 0.3) is 0 Å². The van der Waals surface area contributed by atoms with Crippen LogP contribution in [-0.4, -0.2) is 18.5 Å². The van der Waals surface area contributed by atoms with Gasteiger partial charge in [-0.15, -0.1) is 0 Å². The van der Waals surface area contributed by atoms with Crippen LogP contribution in [0.3, 0.4) is 0 Å². The Morgan fingerprint density at radius 2 is 2.00 bits per heavy atom. The summed E-state index contributed by atoms with van der Waals surface area (Å²) in [5.74, 6) is 0.0199. The topological polar surface area (TPSA) is 46.5 Å². The molecule has 12 heavy (non-hydrogen) atoms. The summed E-state index contributed by atoms with van der Waals surface area (Å²) in [6.45, 7) is 1.50. The number of Topliss-reactive ketones (excluding diaryl/α,β-unsaturated/α-hetero) is 1. The minimum absolute atomic E-state index is 0.0199. The van der Waals surface area contributed by atoms with E-state index >= 15 is 0 Å². The Labute approximate surface area is 71.2 Å². The number of rotatable bonds is 3. The lowest BCUT2D eigenvalue weighted by Gasteiger charge is -1.97. The summed E-state index contributed by atoms with van der Waals surface area (Å²) in [4.78, 5) is 14.6. The van der Waals surface area contributed by atoms with Crippen LogP contribution >= 0.6 is 0 Å². The van der Waals surface area contributed by atoms with Crippen LogP contribution < -0.4 is 5.46 Å². The lowest BCUT2D eigenvalue weighted by Crippen LogP contribution is -2.15. The zero-order valence-corrected chi connectivity index (χ0v) is 6.65. The van der Waals surface area contributed by atoms with Gasteiger partial charge in [-0.25, -0.2) is 0 Å². The highest BCUT2D eigenvalue weighted by Gasteiger charge is 2.00. The van der Waals surface area contributed by atoms with Crippen LogP contribution in [-0.2, 0) is 4.81 Å². The van der Waals surface area contributed by atoms with Crippen LogP contribution in [0.15, 0.2) is 24.3 Å². The highest BCUT2D eigenvalue weighted by atomic mass is 17.1. The lowest BCUT2D eigenvalue weighted by atomic mass is 9.88. The second kappa shape index (κ2) is 4.04. The SMILES string of the molecule is CC(=O)c1ccc([B]OO)cc1. The monoisotopic (exact) mass is 163 g/mol. The van der Waals surface area contributed by atoms with Crippen molar-refractivity contribution in [3.63, 3.8) is 0 Å². The number of carbonyl (C=O) groups excluding carboxylic acids is 1. The van der Waals surface area contributed by atoms with Gasteiger partial charge in [-0.1, -0.05) is 29.7 Å². The van der Waals surface area contributed by atoms with E-state index in [4.69, 9.17) is 5.26 Å². The first-order chi connectivity index (χ1) is 5.74. The van der Waals surface area contributed by atoms with E-state index in [0.717, 1.165) is 0 Å². The van der Waals surface area contributed by atoms with Crippen molar-refractivity contribution in [2.75, 3.05) is 0 Å². The molecule has 0 bridgehead atoms.